The standard InChI is InChI=1S/C19H25FN4O3/c1-3-5-11-23(18(26)13-9-7-8-10-14(13)20)15-16(21)24(12-6-4-2)19(27)22-17(15)25/h7-10H,3-6,11-12,21H2,1-2H3,(H,22,25,27). The number of carbonyl (C=O) groups is 1. The lowest BCUT2D eigenvalue weighted by Crippen LogP contribution is -2.42. The number of hydrogen-bond acceptors (Lipinski definition) is 4. The molecule has 0 spiro atoms. The molecule has 1 heterocycles. The van der Waals surface area contributed by atoms with Crippen LogP contribution in [0.1, 0.15) is 49.9 Å². The highest BCUT2D eigenvalue weighted by Crippen LogP contribution is 2.21. The van der Waals surface area contributed by atoms with Crippen LogP contribution in [0.25, 0.3) is 0 Å². The van der Waals surface area contributed by atoms with Crippen molar-refractivity contribution in [3.63, 3.8) is 0 Å². The van der Waals surface area contributed by atoms with Crippen LogP contribution in [0.15, 0.2) is 33.9 Å². The van der Waals surface area contributed by atoms with E-state index in [1.54, 1.807) is 6.07 Å². The summed E-state index contributed by atoms with van der Waals surface area (Å²) in [5.41, 5.74) is 4.46. The summed E-state index contributed by atoms with van der Waals surface area (Å²) in [6.07, 6.45) is 2.86. The van der Waals surface area contributed by atoms with Gasteiger partial charge in [-0.1, -0.05) is 38.8 Å². The molecule has 1 amide bonds. The third kappa shape index (κ3) is 4.45. The van der Waals surface area contributed by atoms with Crippen LogP contribution in [-0.4, -0.2) is 22.0 Å². The molecule has 0 unspecified atom stereocenters. The number of nitrogen functional groups attached to an aromatic ring is 1. The van der Waals surface area contributed by atoms with Gasteiger partial charge in [0.15, 0.2) is 5.69 Å². The summed E-state index contributed by atoms with van der Waals surface area (Å²) in [6, 6.07) is 5.56. The summed E-state index contributed by atoms with van der Waals surface area (Å²) in [6.45, 7) is 4.40. The van der Waals surface area contributed by atoms with Crippen LogP contribution in [-0.2, 0) is 6.54 Å². The molecule has 0 atom stereocenters. The molecule has 0 aliphatic carbocycles. The van der Waals surface area contributed by atoms with Gasteiger partial charge in [0, 0.05) is 13.1 Å². The number of halogens is 1. The van der Waals surface area contributed by atoms with Crippen molar-refractivity contribution < 1.29 is 9.18 Å². The van der Waals surface area contributed by atoms with E-state index in [-0.39, 0.29) is 23.6 Å². The Morgan fingerprint density at radius 2 is 1.85 bits per heavy atom. The highest BCUT2D eigenvalue weighted by molar-refractivity contribution is 6.07. The quantitative estimate of drug-likeness (QED) is 0.739. The highest BCUT2D eigenvalue weighted by atomic mass is 19.1. The number of carbonyl (C=O) groups excluding carboxylic acids is 1. The van der Waals surface area contributed by atoms with Crippen LogP contribution >= 0.6 is 0 Å². The Balaban J connectivity index is 2.60. The number of amides is 1. The number of anilines is 2. The lowest BCUT2D eigenvalue weighted by atomic mass is 10.1. The minimum atomic E-state index is -0.758. The van der Waals surface area contributed by atoms with Crippen molar-refractivity contribution in [2.75, 3.05) is 17.2 Å². The van der Waals surface area contributed by atoms with Crippen molar-refractivity contribution in [2.45, 2.75) is 46.1 Å². The van der Waals surface area contributed by atoms with Crippen LogP contribution in [0.5, 0.6) is 0 Å². The number of nitrogens with two attached hydrogens (primary N) is 1. The van der Waals surface area contributed by atoms with Crippen molar-refractivity contribution in [3.05, 3.63) is 56.5 Å². The van der Waals surface area contributed by atoms with Gasteiger partial charge in [-0.3, -0.25) is 19.1 Å². The van der Waals surface area contributed by atoms with Crippen LogP contribution in [0.2, 0.25) is 0 Å². The van der Waals surface area contributed by atoms with E-state index >= 15 is 0 Å². The minimum Gasteiger partial charge on any atom is -0.383 e. The normalized spacial score (nSPS) is 10.8. The van der Waals surface area contributed by atoms with Crippen LogP contribution in [0, 0.1) is 5.82 Å². The smallest absolute Gasteiger partial charge is 0.330 e. The lowest BCUT2D eigenvalue weighted by molar-refractivity contribution is 0.0982. The molecule has 7 nitrogen and oxygen atoms in total. The van der Waals surface area contributed by atoms with E-state index < -0.39 is 23.0 Å². The summed E-state index contributed by atoms with van der Waals surface area (Å²) >= 11 is 0. The van der Waals surface area contributed by atoms with Crippen LogP contribution < -0.4 is 21.9 Å². The summed E-state index contributed by atoms with van der Waals surface area (Å²) in [4.78, 5) is 40.9. The van der Waals surface area contributed by atoms with Crippen molar-refractivity contribution >= 4 is 17.4 Å². The fourth-order valence-corrected chi connectivity index (χ4v) is 2.79. The lowest BCUT2D eigenvalue weighted by Gasteiger charge is -2.24. The third-order valence-electron chi connectivity index (χ3n) is 4.30. The van der Waals surface area contributed by atoms with E-state index in [4.69, 9.17) is 5.73 Å². The van der Waals surface area contributed by atoms with Crippen molar-refractivity contribution in [1.82, 2.24) is 9.55 Å². The molecule has 0 aliphatic heterocycles. The average Bonchev–Trinajstić information content (AvgIpc) is 2.64. The maximum atomic E-state index is 14.1. The zero-order valence-corrected chi connectivity index (χ0v) is 15.6. The molecule has 146 valence electrons. The monoisotopic (exact) mass is 376 g/mol. The molecule has 0 aliphatic rings. The van der Waals surface area contributed by atoms with Crippen molar-refractivity contribution in [1.29, 1.82) is 0 Å². The van der Waals surface area contributed by atoms with Crippen molar-refractivity contribution in [2.24, 2.45) is 0 Å². The number of unbranched alkanes of at least 4 members (excludes halogenated alkanes) is 2. The molecular weight excluding hydrogens is 351 g/mol. The molecule has 0 radical (unpaired) electrons. The minimum absolute atomic E-state index is 0.0852. The number of hydrogen-bond donors (Lipinski definition) is 2. The van der Waals surface area contributed by atoms with Gasteiger partial charge in [-0.2, -0.15) is 0 Å². The summed E-state index contributed by atoms with van der Waals surface area (Å²) in [5, 5.41) is 0. The number of nitrogens with one attached hydrogen (secondary N) is 1. The van der Waals surface area contributed by atoms with Gasteiger partial charge in [0.1, 0.15) is 11.6 Å². The van der Waals surface area contributed by atoms with Gasteiger partial charge in [-0.05, 0) is 25.0 Å². The Bertz CT molecular complexity index is 920. The molecule has 27 heavy (non-hydrogen) atoms. The first-order chi connectivity index (χ1) is 12.9. The largest absolute Gasteiger partial charge is 0.383 e. The molecule has 2 rings (SSSR count). The van der Waals surface area contributed by atoms with Gasteiger partial charge >= 0.3 is 5.69 Å². The van der Waals surface area contributed by atoms with Gasteiger partial charge in [-0.25, -0.2) is 9.18 Å². The SMILES string of the molecule is CCCCN(C(=O)c1ccccc1F)c1c(N)n(CCCC)c(=O)[nH]c1=O. The van der Waals surface area contributed by atoms with Crippen LogP contribution in [0.3, 0.4) is 0 Å². The van der Waals surface area contributed by atoms with Gasteiger partial charge in [0.05, 0.1) is 5.56 Å². The van der Waals surface area contributed by atoms with E-state index in [2.05, 4.69) is 4.98 Å². The fourth-order valence-electron chi connectivity index (χ4n) is 2.79. The highest BCUT2D eigenvalue weighted by Gasteiger charge is 2.26. The first-order valence-electron chi connectivity index (χ1n) is 9.11. The zero-order chi connectivity index (χ0) is 20.0. The van der Waals surface area contributed by atoms with Crippen molar-refractivity contribution in [3.8, 4) is 0 Å². The topological polar surface area (TPSA) is 101 Å². The third-order valence-corrected chi connectivity index (χ3v) is 4.30. The van der Waals surface area contributed by atoms with Gasteiger partial charge in [0.2, 0.25) is 0 Å². The predicted octanol–water partition coefficient (Wildman–Crippen LogP) is 2.50. The molecule has 1 aromatic heterocycles. The van der Waals surface area contributed by atoms with Gasteiger partial charge < -0.3 is 10.6 Å². The Hall–Kier alpha value is -2.90. The first kappa shape index (κ1) is 20.4. The Morgan fingerprint density at radius 3 is 2.48 bits per heavy atom. The zero-order valence-electron chi connectivity index (χ0n) is 15.6. The number of H-pyrrole nitrogens is 1. The van der Waals surface area contributed by atoms with Gasteiger partial charge in [-0.15, -0.1) is 0 Å². The molecule has 0 bridgehead atoms. The number of aromatic nitrogens is 2. The summed E-state index contributed by atoms with van der Waals surface area (Å²) < 4.78 is 15.4. The molecule has 0 fully saturated rings. The Morgan fingerprint density at radius 1 is 1.19 bits per heavy atom. The predicted molar refractivity (Wildman–Crippen MR) is 104 cm³/mol. The summed E-state index contributed by atoms with van der Waals surface area (Å²) in [7, 11) is 0. The molecule has 1 aromatic carbocycles. The second-order valence-electron chi connectivity index (χ2n) is 6.29. The molecule has 0 saturated heterocycles. The molecule has 8 heteroatoms. The second kappa shape index (κ2) is 9.16. The van der Waals surface area contributed by atoms with E-state index in [0.717, 1.165) is 17.7 Å². The van der Waals surface area contributed by atoms with Gasteiger partial charge in [0.25, 0.3) is 11.5 Å². The van der Waals surface area contributed by atoms with E-state index in [9.17, 15) is 18.8 Å². The maximum Gasteiger partial charge on any atom is 0.330 e. The Kier molecular flexibility index (Phi) is 6.92. The molecular formula is C19H25FN4O3. The molecule has 3 N–H and O–H groups in total. The van der Waals surface area contributed by atoms with E-state index in [0.29, 0.717) is 19.4 Å². The second-order valence-corrected chi connectivity index (χ2v) is 6.29. The van der Waals surface area contributed by atoms with Crippen LogP contribution in [0.4, 0.5) is 15.9 Å². The number of aromatic amines is 1. The maximum absolute atomic E-state index is 14.1. The average molecular weight is 376 g/mol. The summed E-state index contributed by atoms with van der Waals surface area (Å²) in [5.74, 6) is -1.43. The first-order valence-corrected chi connectivity index (χ1v) is 9.11. The number of rotatable bonds is 8. The van der Waals surface area contributed by atoms with E-state index in [1.165, 1.54) is 22.8 Å². The number of nitrogens with zero attached hydrogens (tertiary/aromatic N) is 2. The molecule has 2 aromatic rings. The Labute approximate surface area is 156 Å². The fraction of sp³-hybridized carbons (Fsp3) is 0.421. The van der Waals surface area contributed by atoms with E-state index in [1.807, 2.05) is 13.8 Å². The molecule has 0 saturated carbocycles. The number of benzene rings is 1.